The molecule has 20 heavy (non-hydrogen) atoms. The van der Waals surface area contributed by atoms with Crippen LogP contribution in [0.4, 0.5) is 5.69 Å². The molecule has 6 heteroatoms. The number of aromatic nitrogens is 1. The van der Waals surface area contributed by atoms with Gasteiger partial charge in [-0.15, -0.1) is 0 Å². The number of anilines is 1. The molecule has 106 valence electrons. The molecule has 3 N–H and O–H groups in total. The number of hydrogen-bond donors (Lipinski definition) is 2. The second kappa shape index (κ2) is 6.02. The first-order valence-electron chi connectivity index (χ1n) is 6.31. The fourth-order valence-electron chi connectivity index (χ4n) is 1.94. The van der Waals surface area contributed by atoms with Gasteiger partial charge in [0.2, 0.25) is 10.0 Å². The third-order valence-electron chi connectivity index (χ3n) is 3.01. The first-order chi connectivity index (χ1) is 9.54. The summed E-state index contributed by atoms with van der Waals surface area (Å²) in [7, 11) is -3.69. The number of nitrogens with two attached hydrogens (primary N) is 1. The molecule has 1 heterocycles. The van der Waals surface area contributed by atoms with Gasteiger partial charge in [0.25, 0.3) is 0 Å². The van der Waals surface area contributed by atoms with Gasteiger partial charge in [0.15, 0.2) is 0 Å². The van der Waals surface area contributed by atoms with Gasteiger partial charge in [-0.25, -0.2) is 13.1 Å². The number of nitrogens with zero attached hydrogens (tertiary/aromatic N) is 1. The number of benzene rings is 1. The monoisotopic (exact) mass is 291 g/mol. The van der Waals surface area contributed by atoms with Gasteiger partial charge in [0, 0.05) is 18.4 Å². The molecule has 2 aromatic rings. The highest BCUT2D eigenvalue weighted by molar-refractivity contribution is 7.89. The zero-order valence-corrected chi connectivity index (χ0v) is 12.0. The van der Waals surface area contributed by atoms with E-state index in [1.54, 1.807) is 0 Å². The SMILES string of the molecule is CCC(NS(=O)(=O)c1cnccc1N)c1ccccc1. The van der Waals surface area contributed by atoms with E-state index in [1.165, 1.54) is 18.5 Å². The molecule has 5 nitrogen and oxygen atoms in total. The highest BCUT2D eigenvalue weighted by atomic mass is 32.2. The Bertz CT molecular complexity index is 672. The zero-order chi connectivity index (χ0) is 14.6. The third-order valence-corrected chi connectivity index (χ3v) is 4.53. The molecule has 1 unspecified atom stereocenters. The average Bonchev–Trinajstić information content (AvgIpc) is 2.46. The van der Waals surface area contributed by atoms with Gasteiger partial charge >= 0.3 is 0 Å². The van der Waals surface area contributed by atoms with Crippen molar-refractivity contribution in [2.24, 2.45) is 0 Å². The van der Waals surface area contributed by atoms with E-state index in [0.717, 1.165) is 5.56 Å². The lowest BCUT2D eigenvalue weighted by Gasteiger charge is -2.18. The lowest BCUT2D eigenvalue weighted by molar-refractivity contribution is 0.550. The number of hydrogen-bond acceptors (Lipinski definition) is 4. The van der Waals surface area contributed by atoms with Crippen LogP contribution >= 0.6 is 0 Å². The molecule has 0 spiro atoms. The van der Waals surface area contributed by atoms with Crippen LogP contribution in [0.2, 0.25) is 0 Å². The van der Waals surface area contributed by atoms with Crippen LogP contribution in [-0.4, -0.2) is 13.4 Å². The predicted octanol–water partition coefficient (Wildman–Crippen LogP) is 2.09. The van der Waals surface area contributed by atoms with Crippen LogP contribution in [0.5, 0.6) is 0 Å². The fraction of sp³-hybridized carbons (Fsp3) is 0.214. The molecule has 0 aliphatic carbocycles. The number of nitrogens with one attached hydrogen (secondary N) is 1. The Kier molecular flexibility index (Phi) is 4.36. The van der Waals surface area contributed by atoms with E-state index in [9.17, 15) is 8.42 Å². The van der Waals surface area contributed by atoms with Crippen molar-refractivity contribution in [2.75, 3.05) is 5.73 Å². The maximum Gasteiger partial charge on any atom is 0.244 e. The molecule has 0 amide bonds. The van der Waals surface area contributed by atoms with E-state index in [-0.39, 0.29) is 16.6 Å². The molecule has 1 aromatic carbocycles. The van der Waals surface area contributed by atoms with E-state index >= 15 is 0 Å². The van der Waals surface area contributed by atoms with Gasteiger partial charge in [-0.1, -0.05) is 37.3 Å². The largest absolute Gasteiger partial charge is 0.398 e. The van der Waals surface area contributed by atoms with E-state index in [4.69, 9.17) is 5.73 Å². The van der Waals surface area contributed by atoms with Crippen molar-refractivity contribution in [3.63, 3.8) is 0 Å². The molecule has 0 saturated carbocycles. The van der Waals surface area contributed by atoms with Gasteiger partial charge in [0.1, 0.15) is 4.90 Å². The first-order valence-corrected chi connectivity index (χ1v) is 7.79. The van der Waals surface area contributed by atoms with Crippen LogP contribution in [0.15, 0.2) is 53.7 Å². The molecule has 0 bridgehead atoms. The van der Waals surface area contributed by atoms with Gasteiger partial charge in [-0.05, 0) is 18.1 Å². The molecule has 0 radical (unpaired) electrons. The third kappa shape index (κ3) is 3.15. The molecule has 1 atom stereocenters. The summed E-state index contributed by atoms with van der Waals surface area (Å²) in [4.78, 5) is 3.83. The summed E-state index contributed by atoms with van der Waals surface area (Å²) in [5.74, 6) is 0. The van der Waals surface area contributed by atoms with Crippen molar-refractivity contribution in [1.82, 2.24) is 9.71 Å². The average molecular weight is 291 g/mol. The second-order valence-corrected chi connectivity index (χ2v) is 6.09. The quantitative estimate of drug-likeness (QED) is 0.883. The Morgan fingerprint density at radius 2 is 1.95 bits per heavy atom. The summed E-state index contributed by atoms with van der Waals surface area (Å²) < 4.78 is 27.4. The minimum atomic E-state index is -3.69. The fourth-order valence-corrected chi connectivity index (χ4v) is 3.32. The second-order valence-electron chi connectivity index (χ2n) is 4.41. The van der Waals surface area contributed by atoms with Crippen molar-refractivity contribution < 1.29 is 8.42 Å². The number of rotatable bonds is 5. The predicted molar refractivity (Wildman–Crippen MR) is 78.4 cm³/mol. The van der Waals surface area contributed by atoms with E-state index in [1.807, 2.05) is 37.3 Å². The van der Waals surface area contributed by atoms with Crippen molar-refractivity contribution >= 4 is 15.7 Å². The number of pyridine rings is 1. The summed E-state index contributed by atoms with van der Waals surface area (Å²) in [6, 6.07) is 10.6. The lowest BCUT2D eigenvalue weighted by Crippen LogP contribution is -2.29. The maximum absolute atomic E-state index is 12.4. The zero-order valence-electron chi connectivity index (χ0n) is 11.2. The Labute approximate surface area is 118 Å². The smallest absolute Gasteiger partial charge is 0.244 e. The molecular formula is C14H17N3O2S. The Balaban J connectivity index is 2.30. The number of nitrogen functional groups attached to an aromatic ring is 1. The van der Waals surface area contributed by atoms with Crippen molar-refractivity contribution in [3.8, 4) is 0 Å². The highest BCUT2D eigenvalue weighted by Gasteiger charge is 2.22. The first kappa shape index (κ1) is 14.5. The van der Waals surface area contributed by atoms with Gasteiger partial charge in [-0.2, -0.15) is 0 Å². The Hall–Kier alpha value is -1.92. The summed E-state index contributed by atoms with van der Waals surface area (Å²) in [5.41, 5.74) is 6.81. The van der Waals surface area contributed by atoms with Crippen LogP contribution < -0.4 is 10.5 Å². The minimum absolute atomic E-state index is 0.00869. The standard InChI is InChI=1S/C14H17N3O2S/c1-2-13(11-6-4-3-5-7-11)17-20(18,19)14-10-16-9-8-12(14)15/h3-10,13,17H,2H2,1H3,(H2,15,16). The van der Waals surface area contributed by atoms with E-state index < -0.39 is 10.0 Å². The Morgan fingerprint density at radius 1 is 1.25 bits per heavy atom. The molecular weight excluding hydrogens is 274 g/mol. The molecule has 0 saturated heterocycles. The molecule has 0 aliphatic heterocycles. The van der Waals surface area contributed by atoms with Gasteiger partial charge in [-0.3, -0.25) is 4.98 Å². The minimum Gasteiger partial charge on any atom is -0.398 e. The Morgan fingerprint density at radius 3 is 2.55 bits per heavy atom. The molecule has 0 aliphatic rings. The molecule has 1 aromatic heterocycles. The van der Waals surface area contributed by atoms with Crippen LogP contribution in [-0.2, 0) is 10.0 Å². The summed E-state index contributed by atoms with van der Waals surface area (Å²) in [6.45, 7) is 1.92. The number of sulfonamides is 1. The van der Waals surface area contributed by atoms with Crippen LogP contribution in [0.25, 0.3) is 0 Å². The van der Waals surface area contributed by atoms with E-state index in [2.05, 4.69) is 9.71 Å². The van der Waals surface area contributed by atoms with Crippen molar-refractivity contribution in [1.29, 1.82) is 0 Å². The topological polar surface area (TPSA) is 85.1 Å². The van der Waals surface area contributed by atoms with Crippen molar-refractivity contribution in [3.05, 3.63) is 54.4 Å². The highest BCUT2D eigenvalue weighted by Crippen LogP contribution is 2.22. The lowest BCUT2D eigenvalue weighted by atomic mass is 10.1. The van der Waals surface area contributed by atoms with Crippen LogP contribution in [0.1, 0.15) is 24.9 Å². The van der Waals surface area contributed by atoms with Crippen LogP contribution in [0, 0.1) is 0 Å². The van der Waals surface area contributed by atoms with Gasteiger partial charge < -0.3 is 5.73 Å². The van der Waals surface area contributed by atoms with E-state index in [0.29, 0.717) is 6.42 Å². The maximum atomic E-state index is 12.4. The molecule has 0 fully saturated rings. The van der Waals surface area contributed by atoms with Crippen LogP contribution in [0.3, 0.4) is 0 Å². The van der Waals surface area contributed by atoms with Crippen molar-refractivity contribution in [2.45, 2.75) is 24.3 Å². The van der Waals surface area contributed by atoms with Gasteiger partial charge in [0.05, 0.1) is 5.69 Å². The summed E-state index contributed by atoms with van der Waals surface area (Å²) >= 11 is 0. The summed E-state index contributed by atoms with van der Waals surface area (Å²) in [5, 5.41) is 0. The normalized spacial score (nSPS) is 13.1. The summed E-state index contributed by atoms with van der Waals surface area (Å²) in [6.07, 6.45) is 3.36. The molecule has 2 rings (SSSR count).